The zero-order chi connectivity index (χ0) is 27.3. The molecule has 1 heterocycles. The Morgan fingerprint density at radius 2 is 1.65 bits per heavy atom. The Labute approximate surface area is 230 Å². The van der Waals surface area contributed by atoms with Gasteiger partial charge in [-0.05, 0) is 0 Å². The number of benzene rings is 1. The van der Waals surface area contributed by atoms with Gasteiger partial charge in [-0.1, -0.05) is 0 Å². The molecule has 3 N–H and O–H groups in total. The van der Waals surface area contributed by atoms with E-state index in [-0.39, 0.29) is 38.9 Å². The van der Waals surface area contributed by atoms with Gasteiger partial charge < -0.3 is 0 Å². The van der Waals surface area contributed by atoms with E-state index in [0.717, 1.165) is 10.8 Å². The number of carbonyl (C=O) groups is 3. The van der Waals surface area contributed by atoms with Gasteiger partial charge in [-0.25, -0.2) is 0 Å². The molecule has 11 heteroatoms. The molecule has 2 unspecified atom stereocenters. The van der Waals surface area contributed by atoms with Crippen LogP contribution in [0.3, 0.4) is 0 Å². The van der Waals surface area contributed by atoms with E-state index in [9.17, 15) is 27.4 Å². The van der Waals surface area contributed by atoms with Gasteiger partial charge in [0, 0.05) is 0 Å². The zero-order valence-electron chi connectivity index (χ0n) is 21.6. The van der Waals surface area contributed by atoms with Gasteiger partial charge in [-0.2, -0.15) is 0 Å². The maximum atomic E-state index is 12.7. The molecule has 1 aliphatic heterocycles. The molecular weight excluding hydrogens is 611 g/mol. The molecule has 1 aromatic carbocycles. The number of para-hydroxylation sites is 1. The summed E-state index contributed by atoms with van der Waals surface area (Å²) in [7, 11) is -4.75. The second-order valence-electron chi connectivity index (χ2n) is 9.29. The number of hydrogen-bond acceptors (Lipinski definition) is 7. The van der Waals surface area contributed by atoms with Crippen molar-refractivity contribution in [1.82, 2.24) is 4.90 Å². The number of alkyl halides is 2. The summed E-state index contributed by atoms with van der Waals surface area (Å²) in [4.78, 5) is 38.6. The normalized spacial score (nSPS) is 16.9. The second kappa shape index (κ2) is 16.3. The maximum absolute atomic E-state index is 12.7. The Balaban J connectivity index is 1.85. The summed E-state index contributed by atoms with van der Waals surface area (Å²) in [5.74, 6) is -2.66. The Morgan fingerprint density at radius 3 is 2.22 bits per heavy atom. The Bertz CT molecular complexity index is 1000. The Hall–Kier alpha value is -1.73. The molecule has 1 aliphatic rings. The topological polar surface area (TPSA) is 144 Å². The number of halogens is 1. The van der Waals surface area contributed by atoms with Gasteiger partial charge in [0.1, 0.15) is 0 Å². The van der Waals surface area contributed by atoms with Gasteiger partial charge in [0.05, 0.1) is 0 Å². The molecule has 9 nitrogen and oxygen atoms in total. The molecule has 1 fully saturated rings. The fourth-order valence-corrected chi connectivity index (χ4v) is 7.52. The van der Waals surface area contributed by atoms with Crippen LogP contribution in [0.15, 0.2) is 24.3 Å². The SMILES string of the molecule is CCCCCCCCCCCC[I-]CCC(OC(=O)c1ccccc1N)N1C(=O)CC(S(=O)(=O)O)C1=O. The first-order chi connectivity index (χ1) is 17.7. The van der Waals surface area contributed by atoms with E-state index in [1.165, 1.54) is 69.9 Å². The number of nitrogens with two attached hydrogens (primary N) is 1. The molecular formula is C26H40IN2O7S-. The van der Waals surface area contributed by atoms with Crippen LogP contribution in [0.25, 0.3) is 0 Å². The fourth-order valence-electron chi connectivity index (χ4n) is 4.21. The van der Waals surface area contributed by atoms with Crippen LogP contribution in [0.5, 0.6) is 0 Å². The van der Waals surface area contributed by atoms with Gasteiger partial charge in [0.25, 0.3) is 0 Å². The summed E-state index contributed by atoms with van der Waals surface area (Å²) in [5.41, 5.74) is 6.14. The molecule has 2 rings (SSSR count). The third-order valence-corrected chi connectivity index (χ3v) is 10.3. The summed E-state index contributed by atoms with van der Waals surface area (Å²) < 4.78 is 39.8. The molecule has 0 radical (unpaired) electrons. The first-order valence-corrected chi connectivity index (χ1v) is 17.6. The third-order valence-electron chi connectivity index (χ3n) is 6.32. The van der Waals surface area contributed by atoms with E-state index < -0.39 is 45.8 Å². The average molecular weight is 652 g/mol. The summed E-state index contributed by atoms with van der Waals surface area (Å²) >= 11 is -0.245. The van der Waals surface area contributed by atoms with Crippen LogP contribution in [0.2, 0.25) is 0 Å². The third kappa shape index (κ3) is 10.5. The number of nitrogen functional groups attached to an aromatic ring is 1. The number of anilines is 1. The predicted octanol–water partition coefficient (Wildman–Crippen LogP) is 1.17. The van der Waals surface area contributed by atoms with Crippen LogP contribution in [-0.4, -0.2) is 56.0 Å². The number of amides is 2. The minimum absolute atomic E-state index is 0.0954. The number of nitrogens with zero attached hydrogens (tertiary/aromatic N) is 1. The molecule has 2 amide bonds. The summed E-state index contributed by atoms with van der Waals surface area (Å²) in [6.07, 6.45) is 11.0. The van der Waals surface area contributed by atoms with Crippen molar-refractivity contribution in [3.63, 3.8) is 0 Å². The zero-order valence-corrected chi connectivity index (χ0v) is 24.5. The number of rotatable bonds is 18. The molecule has 37 heavy (non-hydrogen) atoms. The first kappa shape index (κ1) is 31.5. The van der Waals surface area contributed by atoms with E-state index in [0.29, 0.717) is 9.33 Å². The van der Waals surface area contributed by atoms with Gasteiger partial charge in [0.2, 0.25) is 0 Å². The van der Waals surface area contributed by atoms with E-state index >= 15 is 0 Å². The number of carbonyl (C=O) groups excluding carboxylic acids is 3. The van der Waals surface area contributed by atoms with Crippen molar-refractivity contribution >= 4 is 33.6 Å². The van der Waals surface area contributed by atoms with Crippen molar-refractivity contribution in [3.05, 3.63) is 29.8 Å². The number of likely N-dealkylation sites (tertiary alicyclic amines) is 1. The molecule has 0 bridgehead atoms. The Morgan fingerprint density at radius 1 is 1.05 bits per heavy atom. The van der Waals surface area contributed by atoms with Crippen molar-refractivity contribution < 1.29 is 53.3 Å². The van der Waals surface area contributed by atoms with Crippen molar-refractivity contribution in [2.45, 2.75) is 95.5 Å². The molecule has 0 spiro atoms. The number of ether oxygens (including phenoxy) is 1. The number of hydrogen-bond donors (Lipinski definition) is 2. The van der Waals surface area contributed by atoms with Gasteiger partial charge in [-0.15, -0.1) is 0 Å². The van der Waals surface area contributed by atoms with E-state index in [1.807, 2.05) is 0 Å². The van der Waals surface area contributed by atoms with E-state index in [2.05, 4.69) is 6.92 Å². The number of imide groups is 1. The monoisotopic (exact) mass is 651 g/mol. The second-order valence-corrected chi connectivity index (χ2v) is 14.1. The fraction of sp³-hybridized carbons (Fsp3) is 0.654. The number of unbranched alkanes of at least 4 members (excludes halogenated alkanes) is 9. The van der Waals surface area contributed by atoms with Crippen molar-refractivity contribution in [3.8, 4) is 0 Å². The van der Waals surface area contributed by atoms with Crippen molar-refractivity contribution in [1.29, 1.82) is 0 Å². The van der Waals surface area contributed by atoms with Crippen LogP contribution in [0, 0.1) is 0 Å². The molecule has 0 aliphatic carbocycles. The molecule has 210 valence electrons. The standard InChI is InChI=1S/C26H40IN2O7S/c1-2-3-4-5-6-7-8-9-10-13-17-27-18-16-24(36-26(32)20-14-11-12-15-21(20)28)29-23(30)19-22(25(29)31)37(33,34)35/h11-12,14-15,22,24H,2-10,13,16-19,28H2,1H3,(H,33,34,35)/q-1. The van der Waals surface area contributed by atoms with Crippen LogP contribution in [0.4, 0.5) is 5.69 Å². The average Bonchev–Trinajstić information content (AvgIpc) is 3.15. The molecule has 0 saturated carbocycles. The van der Waals surface area contributed by atoms with Crippen molar-refractivity contribution in [2.75, 3.05) is 14.6 Å². The van der Waals surface area contributed by atoms with Gasteiger partial charge in [0.15, 0.2) is 0 Å². The minimum atomic E-state index is -4.75. The molecule has 2 atom stereocenters. The van der Waals surface area contributed by atoms with Crippen LogP contribution >= 0.6 is 0 Å². The van der Waals surface area contributed by atoms with Crippen molar-refractivity contribution in [2.24, 2.45) is 0 Å². The van der Waals surface area contributed by atoms with E-state index in [1.54, 1.807) is 12.1 Å². The molecule has 1 saturated heterocycles. The first-order valence-electron chi connectivity index (χ1n) is 13.1. The van der Waals surface area contributed by atoms with E-state index in [4.69, 9.17) is 10.5 Å². The van der Waals surface area contributed by atoms with Crippen LogP contribution in [-0.2, 0) is 24.4 Å². The quantitative estimate of drug-likeness (QED) is 0.0458. The summed E-state index contributed by atoms with van der Waals surface area (Å²) in [6, 6.07) is 6.28. The van der Waals surface area contributed by atoms with Gasteiger partial charge >= 0.3 is 232 Å². The molecule has 1 aromatic rings. The van der Waals surface area contributed by atoms with Crippen LogP contribution < -0.4 is 26.9 Å². The van der Waals surface area contributed by atoms with Gasteiger partial charge in [-0.3, -0.25) is 0 Å². The van der Waals surface area contributed by atoms with Crippen LogP contribution in [0.1, 0.15) is 94.3 Å². The summed E-state index contributed by atoms with van der Waals surface area (Å²) in [5, 5.41) is -1.87. The predicted molar refractivity (Wildman–Crippen MR) is 138 cm³/mol. The Kier molecular flexibility index (Phi) is 13.9. The number of esters is 1. The molecule has 0 aromatic heterocycles. The summed E-state index contributed by atoms with van der Waals surface area (Å²) in [6.45, 7) is 2.22.